The topological polar surface area (TPSA) is 55.3 Å². The zero-order valence-corrected chi connectivity index (χ0v) is 9.15. The molecule has 1 aromatic rings. The normalized spacial score (nSPS) is 19.1. The highest BCUT2D eigenvalue weighted by Gasteiger charge is 2.38. The van der Waals surface area contributed by atoms with E-state index >= 15 is 0 Å². The van der Waals surface area contributed by atoms with Gasteiger partial charge in [-0.3, -0.25) is 4.90 Å². The molecule has 1 saturated heterocycles. The van der Waals surface area contributed by atoms with Crippen LogP contribution in [0.4, 0.5) is 10.6 Å². The van der Waals surface area contributed by atoms with Gasteiger partial charge in [0.2, 0.25) is 5.28 Å². The van der Waals surface area contributed by atoms with Gasteiger partial charge in [-0.05, 0) is 31.5 Å². The summed E-state index contributed by atoms with van der Waals surface area (Å²) >= 11 is 5.64. The van der Waals surface area contributed by atoms with Gasteiger partial charge in [0, 0.05) is 6.20 Å². The smallest absolute Gasteiger partial charge is 0.416 e. The second-order valence-corrected chi connectivity index (χ2v) is 4.24. The van der Waals surface area contributed by atoms with Crippen LogP contribution in [0.15, 0.2) is 12.3 Å². The van der Waals surface area contributed by atoms with Crippen LogP contribution in [0.1, 0.15) is 13.8 Å². The molecule has 0 N–H and O–H groups in total. The molecule has 1 amide bonds. The summed E-state index contributed by atoms with van der Waals surface area (Å²) in [5.74, 6) is 0.463. The summed E-state index contributed by atoms with van der Waals surface area (Å²) < 4.78 is 5.14. The van der Waals surface area contributed by atoms with Crippen LogP contribution in [0, 0.1) is 0 Å². The van der Waals surface area contributed by atoms with Crippen molar-refractivity contribution in [1.29, 1.82) is 0 Å². The van der Waals surface area contributed by atoms with Crippen molar-refractivity contribution in [2.75, 3.05) is 11.4 Å². The Morgan fingerprint density at radius 1 is 1.60 bits per heavy atom. The number of carbonyl (C=O) groups excluding carboxylic acids is 1. The third-order valence-corrected chi connectivity index (χ3v) is 2.19. The van der Waals surface area contributed by atoms with Crippen LogP contribution >= 0.6 is 11.6 Å². The predicted molar refractivity (Wildman–Crippen MR) is 54.9 cm³/mol. The Hall–Kier alpha value is -1.36. The first-order valence-corrected chi connectivity index (χ1v) is 4.85. The quantitative estimate of drug-likeness (QED) is 0.688. The fourth-order valence-corrected chi connectivity index (χ4v) is 1.56. The summed E-state index contributed by atoms with van der Waals surface area (Å²) in [5, 5.41) is 0.116. The third kappa shape index (κ3) is 2.02. The monoisotopic (exact) mass is 227 g/mol. The number of aromatic nitrogens is 2. The lowest BCUT2D eigenvalue weighted by Crippen LogP contribution is -2.28. The molecule has 6 heteroatoms. The summed E-state index contributed by atoms with van der Waals surface area (Å²) in [7, 11) is 0. The van der Waals surface area contributed by atoms with Crippen molar-refractivity contribution in [2.24, 2.45) is 0 Å². The predicted octanol–water partition coefficient (Wildman–Crippen LogP) is 1.87. The number of nitrogens with zero attached hydrogens (tertiary/aromatic N) is 3. The van der Waals surface area contributed by atoms with Crippen LogP contribution in [0.25, 0.3) is 0 Å². The highest BCUT2D eigenvalue weighted by atomic mass is 35.5. The number of halogens is 1. The van der Waals surface area contributed by atoms with E-state index in [1.165, 1.54) is 11.1 Å². The second-order valence-electron chi connectivity index (χ2n) is 3.90. The molecule has 0 radical (unpaired) electrons. The van der Waals surface area contributed by atoms with Crippen molar-refractivity contribution in [3.05, 3.63) is 17.5 Å². The Morgan fingerprint density at radius 2 is 2.33 bits per heavy atom. The third-order valence-electron chi connectivity index (χ3n) is 2.01. The molecule has 2 rings (SSSR count). The summed E-state index contributed by atoms with van der Waals surface area (Å²) in [6, 6.07) is 1.62. The number of anilines is 1. The Morgan fingerprint density at radius 3 is 2.87 bits per heavy atom. The molecule has 0 saturated carbocycles. The molecule has 2 heterocycles. The lowest BCUT2D eigenvalue weighted by molar-refractivity contribution is 0.0871. The van der Waals surface area contributed by atoms with Gasteiger partial charge in [-0.1, -0.05) is 0 Å². The van der Waals surface area contributed by atoms with Crippen LogP contribution in [-0.2, 0) is 4.74 Å². The summed E-state index contributed by atoms with van der Waals surface area (Å²) in [4.78, 5) is 20.6. The van der Waals surface area contributed by atoms with E-state index in [1.54, 1.807) is 6.07 Å². The van der Waals surface area contributed by atoms with E-state index in [0.29, 0.717) is 12.4 Å². The molecule has 15 heavy (non-hydrogen) atoms. The van der Waals surface area contributed by atoms with Crippen molar-refractivity contribution < 1.29 is 9.53 Å². The molecular weight excluding hydrogens is 218 g/mol. The molecule has 0 atom stereocenters. The summed E-state index contributed by atoms with van der Waals surface area (Å²) in [5.41, 5.74) is -0.492. The summed E-state index contributed by atoms with van der Waals surface area (Å²) in [6.07, 6.45) is 1.10. The van der Waals surface area contributed by atoms with Crippen molar-refractivity contribution in [1.82, 2.24) is 9.97 Å². The van der Waals surface area contributed by atoms with E-state index in [9.17, 15) is 4.79 Å². The van der Waals surface area contributed by atoms with Crippen molar-refractivity contribution >= 4 is 23.5 Å². The molecule has 1 fully saturated rings. The van der Waals surface area contributed by atoms with Gasteiger partial charge in [0.25, 0.3) is 0 Å². The van der Waals surface area contributed by atoms with E-state index in [0.717, 1.165) is 0 Å². The van der Waals surface area contributed by atoms with Crippen molar-refractivity contribution in [3.8, 4) is 0 Å². The zero-order chi connectivity index (χ0) is 11.1. The number of rotatable bonds is 1. The number of ether oxygens (including phenoxy) is 1. The van der Waals surface area contributed by atoms with Crippen molar-refractivity contribution in [3.63, 3.8) is 0 Å². The van der Waals surface area contributed by atoms with E-state index in [4.69, 9.17) is 16.3 Å². The van der Waals surface area contributed by atoms with E-state index < -0.39 is 11.7 Å². The highest BCUT2D eigenvalue weighted by molar-refractivity contribution is 6.28. The maximum absolute atomic E-state index is 11.5. The number of cyclic esters (lactones) is 1. The molecule has 0 spiro atoms. The average molecular weight is 228 g/mol. The largest absolute Gasteiger partial charge is 0.441 e. The van der Waals surface area contributed by atoms with Gasteiger partial charge in [0.15, 0.2) is 0 Å². The van der Waals surface area contributed by atoms with Gasteiger partial charge < -0.3 is 4.74 Å². The van der Waals surface area contributed by atoms with Crippen LogP contribution in [-0.4, -0.2) is 28.2 Å². The fourth-order valence-electron chi connectivity index (χ4n) is 1.42. The molecule has 0 aromatic carbocycles. The standard InChI is InChI=1S/C9H10ClN3O2/c1-9(2)5-13(8(14)15-9)6-3-4-11-7(10)12-6/h3-4H,5H2,1-2H3. The van der Waals surface area contributed by atoms with Gasteiger partial charge in [0.05, 0.1) is 6.54 Å². The first-order chi connectivity index (χ1) is 6.98. The first kappa shape index (κ1) is 10.2. The maximum atomic E-state index is 11.5. The highest BCUT2D eigenvalue weighted by Crippen LogP contribution is 2.26. The van der Waals surface area contributed by atoms with E-state index in [2.05, 4.69) is 9.97 Å². The molecular formula is C9H10ClN3O2. The molecule has 1 aromatic heterocycles. The zero-order valence-electron chi connectivity index (χ0n) is 8.40. The lowest BCUT2D eigenvalue weighted by atomic mass is 10.1. The molecule has 1 aliphatic heterocycles. The fraction of sp³-hybridized carbons (Fsp3) is 0.444. The van der Waals surface area contributed by atoms with E-state index in [1.807, 2.05) is 13.8 Å². The molecule has 0 unspecified atom stereocenters. The maximum Gasteiger partial charge on any atom is 0.416 e. The van der Waals surface area contributed by atoms with Gasteiger partial charge in [-0.25, -0.2) is 14.8 Å². The Kier molecular flexibility index (Phi) is 2.26. The molecule has 5 nitrogen and oxygen atoms in total. The molecule has 1 aliphatic rings. The minimum atomic E-state index is -0.492. The van der Waals surface area contributed by atoms with E-state index in [-0.39, 0.29) is 5.28 Å². The summed E-state index contributed by atoms with van der Waals surface area (Å²) in [6.45, 7) is 4.14. The van der Waals surface area contributed by atoms with Gasteiger partial charge in [-0.15, -0.1) is 0 Å². The number of hydrogen-bond acceptors (Lipinski definition) is 4. The van der Waals surface area contributed by atoms with Crippen LogP contribution in [0.5, 0.6) is 0 Å². The SMILES string of the molecule is CC1(C)CN(c2ccnc(Cl)n2)C(=O)O1. The first-order valence-electron chi connectivity index (χ1n) is 4.47. The lowest BCUT2D eigenvalue weighted by Gasteiger charge is -2.14. The number of amides is 1. The Balaban J connectivity index is 2.29. The van der Waals surface area contributed by atoms with Crippen LogP contribution in [0.2, 0.25) is 5.28 Å². The average Bonchev–Trinajstić information content (AvgIpc) is 2.40. The minimum Gasteiger partial charge on any atom is -0.441 e. The minimum absolute atomic E-state index is 0.116. The van der Waals surface area contributed by atoms with Gasteiger partial charge in [0.1, 0.15) is 11.4 Å². The molecule has 80 valence electrons. The number of hydrogen-bond donors (Lipinski definition) is 0. The Labute approximate surface area is 92.0 Å². The second kappa shape index (κ2) is 3.34. The molecule has 0 aliphatic carbocycles. The van der Waals surface area contributed by atoms with Crippen molar-refractivity contribution in [2.45, 2.75) is 19.4 Å². The van der Waals surface area contributed by atoms with Crippen LogP contribution < -0.4 is 4.90 Å². The number of carbonyl (C=O) groups is 1. The van der Waals surface area contributed by atoms with Gasteiger partial charge >= 0.3 is 6.09 Å². The van der Waals surface area contributed by atoms with Crippen LogP contribution in [0.3, 0.4) is 0 Å². The molecule has 0 bridgehead atoms. The Bertz CT molecular complexity index is 408. The van der Waals surface area contributed by atoms with Gasteiger partial charge in [-0.2, -0.15) is 0 Å².